The molecule has 0 saturated heterocycles. The quantitative estimate of drug-likeness (QED) is 0.276. The zero-order chi connectivity index (χ0) is 30.2. The minimum absolute atomic E-state index is 0.139. The van der Waals surface area contributed by atoms with E-state index in [1.54, 1.807) is 18.6 Å². The maximum Gasteiger partial charge on any atom is 0.338 e. The van der Waals surface area contributed by atoms with Crippen LogP contribution in [0.4, 0.5) is 0 Å². The molecule has 0 aliphatic carbocycles. The third-order valence-corrected chi connectivity index (χ3v) is 8.59. The van der Waals surface area contributed by atoms with Gasteiger partial charge >= 0.3 is 5.97 Å². The van der Waals surface area contributed by atoms with E-state index in [2.05, 4.69) is 13.8 Å². The number of aryl methyl sites for hydroxylation is 1. The monoisotopic (exact) mass is 596 g/mol. The van der Waals surface area contributed by atoms with E-state index in [9.17, 15) is 9.59 Å². The molecular weight excluding hydrogens is 564 g/mol. The van der Waals surface area contributed by atoms with Crippen LogP contribution in [0.3, 0.4) is 0 Å². The molecule has 3 aromatic carbocycles. The molecule has 0 unspecified atom stereocenters. The van der Waals surface area contributed by atoms with E-state index in [-0.39, 0.29) is 24.9 Å². The molecule has 1 aromatic heterocycles. The molecule has 220 valence electrons. The Morgan fingerprint density at radius 2 is 1.88 bits per heavy atom. The summed E-state index contributed by atoms with van der Waals surface area (Å²) in [6.07, 6.45) is 1.82. The van der Waals surface area contributed by atoms with Gasteiger partial charge in [-0.3, -0.25) is 9.36 Å². The summed E-state index contributed by atoms with van der Waals surface area (Å²) in [5, 5.41) is 0. The van der Waals surface area contributed by atoms with Crippen molar-refractivity contribution in [2.24, 2.45) is 4.99 Å². The van der Waals surface area contributed by atoms with Crippen molar-refractivity contribution >= 4 is 29.1 Å². The van der Waals surface area contributed by atoms with Gasteiger partial charge in [0.25, 0.3) is 5.56 Å². The number of hydrogen-bond acceptors (Lipinski definition) is 8. The molecular formula is C34H32N2O6S. The second-order valence-electron chi connectivity index (χ2n) is 10.6. The standard InChI is InChI=1S/C34H32N2O6S/c1-6-40-33(38)29-30(22-10-8-7-9-11-22)35-34-36(31(29)24-17-23(19(2)3)26(39-5)14-20(24)4)32(37)28(43-34)16-21-12-13-25-27(15-21)42-18-41-25/h7-17,19,31H,6,18H2,1-5H3/b28-16-/t31-/m0/s1. The molecule has 6 rings (SSSR count). The lowest BCUT2D eigenvalue weighted by Crippen LogP contribution is -2.40. The highest BCUT2D eigenvalue weighted by molar-refractivity contribution is 7.07. The van der Waals surface area contributed by atoms with Gasteiger partial charge < -0.3 is 18.9 Å². The second kappa shape index (κ2) is 11.6. The van der Waals surface area contributed by atoms with Crippen molar-refractivity contribution in [1.82, 2.24) is 4.57 Å². The number of rotatable bonds is 7. The highest BCUT2D eigenvalue weighted by Gasteiger charge is 2.36. The minimum atomic E-state index is -0.771. The number of fused-ring (bicyclic) bond motifs is 2. The van der Waals surface area contributed by atoms with Gasteiger partial charge in [-0.25, -0.2) is 9.79 Å². The summed E-state index contributed by atoms with van der Waals surface area (Å²) in [7, 11) is 1.65. The van der Waals surface area contributed by atoms with Gasteiger partial charge in [-0.05, 0) is 72.4 Å². The molecule has 0 N–H and O–H groups in total. The van der Waals surface area contributed by atoms with E-state index in [4.69, 9.17) is 23.9 Å². The van der Waals surface area contributed by atoms with Crippen LogP contribution < -0.4 is 29.1 Å². The summed E-state index contributed by atoms with van der Waals surface area (Å²) in [5.41, 5.74) is 4.79. The number of carbonyl (C=O) groups excluding carboxylic acids is 1. The first kappa shape index (κ1) is 28.5. The molecule has 9 heteroatoms. The molecule has 2 aliphatic heterocycles. The number of ether oxygens (including phenoxy) is 4. The number of carbonyl (C=O) groups is 1. The molecule has 43 heavy (non-hydrogen) atoms. The fourth-order valence-electron chi connectivity index (χ4n) is 5.53. The van der Waals surface area contributed by atoms with Gasteiger partial charge in [0.05, 0.1) is 35.6 Å². The van der Waals surface area contributed by atoms with Gasteiger partial charge in [-0.2, -0.15) is 0 Å². The first-order chi connectivity index (χ1) is 20.8. The van der Waals surface area contributed by atoms with Crippen molar-refractivity contribution in [2.75, 3.05) is 20.5 Å². The fraction of sp³-hybridized carbons (Fsp3) is 0.265. The summed E-state index contributed by atoms with van der Waals surface area (Å²) in [4.78, 5) is 33.6. The highest BCUT2D eigenvalue weighted by atomic mass is 32.1. The molecule has 0 bridgehead atoms. The third-order valence-electron chi connectivity index (χ3n) is 7.60. The lowest BCUT2D eigenvalue weighted by molar-refractivity contribution is -0.138. The summed E-state index contributed by atoms with van der Waals surface area (Å²) in [6.45, 7) is 8.27. The SMILES string of the molecule is CCOC(=O)C1=C(c2ccccc2)N=c2s/c(=C\c3ccc4c(c3)OCO4)c(=O)n2[C@H]1c1cc(C(C)C)c(OC)cc1C. The van der Waals surface area contributed by atoms with E-state index < -0.39 is 12.0 Å². The van der Waals surface area contributed by atoms with Gasteiger partial charge in [-0.15, -0.1) is 0 Å². The van der Waals surface area contributed by atoms with Crippen LogP contribution in [0.5, 0.6) is 17.2 Å². The summed E-state index contributed by atoms with van der Waals surface area (Å²) in [6, 6.07) is 18.3. The Morgan fingerprint density at radius 3 is 2.60 bits per heavy atom. The smallest absolute Gasteiger partial charge is 0.338 e. The predicted molar refractivity (Wildman–Crippen MR) is 165 cm³/mol. The van der Waals surface area contributed by atoms with E-state index in [1.807, 2.05) is 73.7 Å². The number of methoxy groups -OCH3 is 1. The van der Waals surface area contributed by atoms with Crippen LogP contribution in [0.2, 0.25) is 0 Å². The van der Waals surface area contributed by atoms with Crippen LogP contribution >= 0.6 is 11.3 Å². The highest BCUT2D eigenvalue weighted by Crippen LogP contribution is 2.40. The number of esters is 1. The topological polar surface area (TPSA) is 88.4 Å². The largest absolute Gasteiger partial charge is 0.496 e. The normalized spacial score (nSPS) is 15.9. The number of nitrogens with zero attached hydrogens (tertiary/aromatic N) is 2. The number of benzene rings is 3. The Kier molecular flexibility index (Phi) is 7.66. The van der Waals surface area contributed by atoms with Gasteiger partial charge in [0, 0.05) is 5.56 Å². The molecule has 8 nitrogen and oxygen atoms in total. The van der Waals surface area contributed by atoms with E-state index in [1.165, 1.54) is 11.3 Å². The van der Waals surface area contributed by atoms with Crippen molar-refractivity contribution in [3.8, 4) is 17.2 Å². The molecule has 0 fully saturated rings. The Morgan fingerprint density at radius 1 is 1.12 bits per heavy atom. The molecule has 0 radical (unpaired) electrons. The van der Waals surface area contributed by atoms with Crippen molar-refractivity contribution in [3.05, 3.63) is 114 Å². The molecule has 3 heterocycles. The Labute approximate surface area is 253 Å². The Balaban J connectivity index is 1.66. The van der Waals surface area contributed by atoms with Crippen molar-refractivity contribution < 1.29 is 23.7 Å². The van der Waals surface area contributed by atoms with Crippen LogP contribution in [-0.4, -0.2) is 31.0 Å². The van der Waals surface area contributed by atoms with Crippen LogP contribution in [0, 0.1) is 6.92 Å². The van der Waals surface area contributed by atoms with Crippen molar-refractivity contribution in [1.29, 1.82) is 0 Å². The van der Waals surface area contributed by atoms with Crippen LogP contribution in [0.25, 0.3) is 11.8 Å². The maximum atomic E-state index is 14.3. The number of aromatic nitrogens is 1. The molecule has 2 aliphatic rings. The van der Waals surface area contributed by atoms with Gasteiger partial charge in [-0.1, -0.05) is 61.6 Å². The first-order valence-electron chi connectivity index (χ1n) is 14.2. The lowest BCUT2D eigenvalue weighted by Gasteiger charge is -2.28. The van der Waals surface area contributed by atoms with E-state index >= 15 is 0 Å². The number of thiazole rings is 1. The third kappa shape index (κ3) is 5.14. The predicted octanol–water partition coefficient (Wildman–Crippen LogP) is 5.10. The average molecular weight is 597 g/mol. The fourth-order valence-corrected chi connectivity index (χ4v) is 6.53. The zero-order valence-electron chi connectivity index (χ0n) is 24.7. The van der Waals surface area contributed by atoms with Crippen LogP contribution in [0.15, 0.2) is 76.0 Å². The minimum Gasteiger partial charge on any atom is -0.496 e. The lowest BCUT2D eigenvalue weighted by atomic mass is 9.87. The molecule has 1 atom stereocenters. The van der Waals surface area contributed by atoms with E-state index in [0.717, 1.165) is 33.6 Å². The Hall–Kier alpha value is -4.63. The maximum absolute atomic E-state index is 14.3. The summed E-state index contributed by atoms with van der Waals surface area (Å²) in [5.74, 6) is 1.68. The van der Waals surface area contributed by atoms with Crippen molar-refractivity contribution in [2.45, 2.75) is 39.7 Å². The molecule has 0 spiro atoms. The summed E-state index contributed by atoms with van der Waals surface area (Å²) < 4.78 is 24.4. The molecule has 0 saturated carbocycles. The van der Waals surface area contributed by atoms with Crippen LogP contribution in [-0.2, 0) is 9.53 Å². The van der Waals surface area contributed by atoms with Crippen LogP contribution in [0.1, 0.15) is 60.5 Å². The van der Waals surface area contributed by atoms with E-state index in [0.29, 0.717) is 32.1 Å². The summed E-state index contributed by atoms with van der Waals surface area (Å²) >= 11 is 1.28. The molecule has 0 amide bonds. The van der Waals surface area contributed by atoms with Gasteiger partial charge in [0.2, 0.25) is 6.79 Å². The second-order valence-corrected chi connectivity index (χ2v) is 11.7. The zero-order valence-corrected chi connectivity index (χ0v) is 25.5. The Bertz CT molecular complexity index is 1940. The van der Waals surface area contributed by atoms with Gasteiger partial charge in [0.1, 0.15) is 5.75 Å². The van der Waals surface area contributed by atoms with Gasteiger partial charge in [0.15, 0.2) is 16.3 Å². The number of hydrogen-bond donors (Lipinski definition) is 0. The first-order valence-corrected chi connectivity index (χ1v) is 15.0. The average Bonchev–Trinajstić information content (AvgIpc) is 3.60. The molecule has 4 aromatic rings. The van der Waals surface area contributed by atoms with Crippen molar-refractivity contribution in [3.63, 3.8) is 0 Å².